The Balaban J connectivity index is 2.17. The molecule has 0 aromatic heterocycles. The van der Waals surface area contributed by atoms with Gasteiger partial charge in [-0.2, -0.15) is 0 Å². The number of hydrogen-bond acceptors (Lipinski definition) is 5. The van der Waals surface area contributed by atoms with Crippen LogP contribution in [0.4, 0.5) is 10.5 Å². The molecule has 4 amide bonds. The number of imide groups is 2. The second-order valence-corrected chi connectivity index (χ2v) is 5.82. The van der Waals surface area contributed by atoms with Crippen molar-refractivity contribution in [2.45, 2.75) is 13.3 Å². The van der Waals surface area contributed by atoms with Crippen LogP contribution in [0.15, 0.2) is 29.3 Å². The summed E-state index contributed by atoms with van der Waals surface area (Å²) in [7, 11) is 3.82. The van der Waals surface area contributed by atoms with Crippen molar-refractivity contribution in [1.82, 2.24) is 10.2 Å². The summed E-state index contributed by atoms with van der Waals surface area (Å²) in [5.74, 6) is -2.31. The molecule has 1 aromatic rings. The first-order chi connectivity index (χ1) is 11.4. The van der Waals surface area contributed by atoms with Crippen LogP contribution in [0.2, 0.25) is 0 Å². The molecule has 1 N–H and O–H groups in total. The van der Waals surface area contributed by atoms with Gasteiger partial charge in [0.25, 0.3) is 5.91 Å². The van der Waals surface area contributed by atoms with Crippen LogP contribution in [0.25, 0.3) is 0 Å². The van der Waals surface area contributed by atoms with Gasteiger partial charge in [-0.15, -0.1) is 0 Å². The molecule has 2 rings (SSSR count). The van der Waals surface area contributed by atoms with E-state index in [0.29, 0.717) is 18.8 Å². The predicted octanol–water partition coefficient (Wildman–Crippen LogP) is 1.08. The molecule has 1 aliphatic rings. The maximum Gasteiger partial charge on any atom is 0.335 e. The van der Waals surface area contributed by atoms with E-state index < -0.39 is 23.8 Å². The van der Waals surface area contributed by atoms with E-state index in [4.69, 9.17) is 0 Å². The van der Waals surface area contributed by atoms with Gasteiger partial charge >= 0.3 is 6.03 Å². The molecule has 0 aliphatic carbocycles. The molecule has 1 fully saturated rings. The largest absolute Gasteiger partial charge is 0.335 e. The molecule has 1 heterocycles. The van der Waals surface area contributed by atoms with Crippen molar-refractivity contribution < 1.29 is 14.4 Å². The van der Waals surface area contributed by atoms with E-state index in [1.54, 1.807) is 12.1 Å². The molecule has 1 aromatic carbocycles. The number of nitrogens with one attached hydrogen (secondary N) is 1. The van der Waals surface area contributed by atoms with Crippen molar-refractivity contribution >= 4 is 29.7 Å². The van der Waals surface area contributed by atoms with E-state index in [9.17, 15) is 14.4 Å². The monoisotopic (exact) mass is 330 g/mol. The highest BCUT2D eigenvalue weighted by atomic mass is 16.2. The second kappa shape index (κ2) is 7.83. The maximum atomic E-state index is 12.6. The number of likely N-dealkylation sites (N-methyl/N-ethyl adjacent to an activating group) is 1. The Morgan fingerprint density at radius 1 is 1.21 bits per heavy atom. The molecule has 7 heteroatoms. The minimum absolute atomic E-state index is 0.439. The number of hydrogen-bond donors (Lipinski definition) is 1. The lowest BCUT2D eigenvalue weighted by molar-refractivity contribution is -0.131. The summed E-state index contributed by atoms with van der Waals surface area (Å²) in [4.78, 5) is 43.6. The molecule has 0 bridgehead atoms. The third-order valence-corrected chi connectivity index (χ3v) is 3.74. The highest BCUT2D eigenvalue weighted by Crippen LogP contribution is 2.21. The van der Waals surface area contributed by atoms with Gasteiger partial charge in [-0.25, -0.2) is 9.69 Å². The molecule has 0 unspecified atom stereocenters. The van der Waals surface area contributed by atoms with Crippen LogP contribution in [0.1, 0.15) is 12.5 Å². The number of aliphatic imine (C=N–C) groups is 1. The smallest absolute Gasteiger partial charge is 0.308 e. The van der Waals surface area contributed by atoms with Gasteiger partial charge in [0.1, 0.15) is 0 Å². The number of urea groups is 1. The summed E-state index contributed by atoms with van der Waals surface area (Å²) in [5.41, 5.74) is 1.54. The highest BCUT2D eigenvalue weighted by molar-refractivity contribution is 6.32. The zero-order chi connectivity index (χ0) is 17.7. The number of rotatable bonds is 6. The lowest BCUT2D eigenvalue weighted by Crippen LogP contribution is -2.58. The summed E-state index contributed by atoms with van der Waals surface area (Å²) in [6.45, 7) is 3.20. The second-order valence-electron chi connectivity index (χ2n) is 5.82. The van der Waals surface area contributed by atoms with Crippen molar-refractivity contribution in [2.24, 2.45) is 10.9 Å². The summed E-state index contributed by atoms with van der Waals surface area (Å²) in [5, 5.41) is 2.21. The Bertz CT molecular complexity index is 652. The van der Waals surface area contributed by atoms with E-state index in [1.807, 2.05) is 38.1 Å². The van der Waals surface area contributed by atoms with E-state index >= 15 is 0 Å². The van der Waals surface area contributed by atoms with Crippen molar-refractivity contribution in [3.63, 3.8) is 0 Å². The fourth-order valence-electron chi connectivity index (χ4n) is 2.28. The zero-order valence-corrected chi connectivity index (χ0v) is 14.2. The standard InChI is InChI=1S/C17H22N4O3/c1-4-12-5-7-13(8-6-12)21-16(23)14(15(22)19-17(21)24)11-18-9-10-20(2)3/h5-8,11,14H,4,9-10H2,1-3H3,(H,19,22,24)/t14-/m0/s1. The van der Waals surface area contributed by atoms with Crippen LogP contribution < -0.4 is 10.2 Å². The van der Waals surface area contributed by atoms with Gasteiger partial charge in [0, 0.05) is 12.8 Å². The molecule has 7 nitrogen and oxygen atoms in total. The molecule has 0 spiro atoms. The Hall–Kier alpha value is -2.54. The molecule has 0 radical (unpaired) electrons. The van der Waals surface area contributed by atoms with Gasteiger partial charge in [0.05, 0.1) is 12.2 Å². The van der Waals surface area contributed by atoms with Gasteiger partial charge in [-0.1, -0.05) is 19.1 Å². The predicted molar refractivity (Wildman–Crippen MR) is 92.2 cm³/mol. The van der Waals surface area contributed by atoms with E-state index in [0.717, 1.165) is 16.9 Å². The van der Waals surface area contributed by atoms with E-state index in [-0.39, 0.29) is 0 Å². The number of benzene rings is 1. The quantitative estimate of drug-likeness (QED) is 0.625. The normalized spacial score (nSPS) is 18.6. The minimum atomic E-state index is -1.09. The van der Waals surface area contributed by atoms with Crippen LogP contribution in [-0.2, 0) is 16.0 Å². The lowest BCUT2D eigenvalue weighted by atomic mass is 10.1. The van der Waals surface area contributed by atoms with E-state index in [1.165, 1.54) is 6.21 Å². The molecule has 128 valence electrons. The first kappa shape index (κ1) is 17.8. The van der Waals surface area contributed by atoms with Crippen LogP contribution in [0, 0.1) is 5.92 Å². The molecule has 24 heavy (non-hydrogen) atoms. The lowest BCUT2D eigenvalue weighted by Gasteiger charge is -2.28. The van der Waals surface area contributed by atoms with Crippen molar-refractivity contribution in [3.8, 4) is 0 Å². The number of nitrogens with zero attached hydrogens (tertiary/aromatic N) is 3. The molecular formula is C17H22N4O3. The van der Waals surface area contributed by atoms with Crippen molar-refractivity contribution in [1.29, 1.82) is 0 Å². The van der Waals surface area contributed by atoms with Gasteiger partial charge in [0.2, 0.25) is 5.91 Å². The third kappa shape index (κ3) is 4.05. The van der Waals surface area contributed by atoms with Gasteiger partial charge in [-0.05, 0) is 38.2 Å². The van der Waals surface area contributed by atoms with Gasteiger partial charge in [0.15, 0.2) is 5.92 Å². The van der Waals surface area contributed by atoms with Crippen molar-refractivity contribution in [2.75, 3.05) is 32.1 Å². The van der Waals surface area contributed by atoms with Crippen LogP contribution in [0.3, 0.4) is 0 Å². The average Bonchev–Trinajstić information content (AvgIpc) is 2.54. The number of barbiturate groups is 1. The van der Waals surface area contributed by atoms with Crippen molar-refractivity contribution in [3.05, 3.63) is 29.8 Å². The van der Waals surface area contributed by atoms with E-state index in [2.05, 4.69) is 10.3 Å². The number of carbonyl (C=O) groups excluding carboxylic acids is 3. The van der Waals surface area contributed by atoms with Crippen LogP contribution in [-0.4, -0.2) is 56.1 Å². The Labute approximate surface area is 141 Å². The summed E-state index contributed by atoms with van der Waals surface area (Å²) in [6.07, 6.45) is 2.18. The average molecular weight is 330 g/mol. The zero-order valence-electron chi connectivity index (χ0n) is 14.2. The Kier molecular flexibility index (Phi) is 5.81. The Morgan fingerprint density at radius 3 is 2.46 bits per heavy atom. The van der Waals surface area contributed by atoms with Gasteiger partial charge in [-0.3, -0.25) is 19.9 Å². The Morgan fingerprint density at radius 2 is 1.88 bits per heavy atom. The fraction of sp³-hybridized carbons (Fsp3) is 0.412. The third-order valence-electron chi connectivity index (χ3n) is 3.74. The molecular weight excluding hydrogens is 308 g/mol. The first-order valence-electron chi connectivity index (χ1n) is 7.86. The number of carbonyl (C=O) groups is 3. The SMILES string of the molecule is CCc1ccc(N2C(=O)NC(=O)[C@H](C=NCCN(C)C)C2=O)cc1. The molecule has 0 saturated carbocycles. The number of aryl methyl sites for hydroxylation is 1. The van der Waals surface area contributed by atoms with Crippen LogP contribution in [0.5, 0.6) is 0 Å². The highest BCUT2D eigenvalue weighted by Gasteiger charge is 2.40. The van der Waals surface area contributed by atoms with Gasteiger partial charge < -0.3 is 4.90 Å². The first-order valence-corrected chi connectivity index (χ1v) is 7.86. The fourth-order valence-corrected chi connectivity index (χ4v) is 2.28. The van der Waals surface area contributed by atoms with Crippen LogP contribution >= 0.6 is 0 Å². The molecule has 1 saturated heterocycles. The molecule has 1 atom stereocenters. The topological polar surface area (TPSA) is 82.1 Å². The summed E-state index contributed by atoms with van der Waals surface area (Å²) in [6, 6.07) is 6.38. The summed E-state index contributed by atoms with van der Waals surface area (Å²) >= 11 is 0. The number of amides is 4. The number of anilines is 1. The molecule has 1 aliphatic heterocycles. The maximum absolute atomic E-state index is 12.6. The minimum Gasteiger partial charge on any atom is -0.308 e. The summed E-state index contributed by atoms with van der Waals surface area (Å²) < 4.78 is 0.